The maximum Gasteiger partial charge on any atom is 0.133 e. The highest BCUT2D eigenvalue weighted by molar-refractivity contribution is 7.08. The second-order valence-electron chi connectivity index (χ2n) is 5.65. The highest BCUT2D eigenvalue weighted by Crippen LogP contribution is 2.30. The van der Waals surface area contributed by atoms with Crippen molar-refractivity contribution in [1.29, 1.82) is 0 Å². The van der Waals surface area contributed by atoms with Crippen molar-refractivity contribution in [2.75, 3.05) is 19.0 Å². The van der Waals surface area contributed by atoms with Crippen LogP contribution in [0.2, 0.25) is 0 Å². The lowest BCUT2D eigenvalue weighted by Gasteiger charge is -2.14. The second kappa shape index (κ2) is 7.40. The smallest absolute Gasteiger partial charge is 0.133 e. The van der Waals surface area contributed by atoms with E-state index >= 15 is 0 Å². The zero-order valence-corrected chi connectivity index (χ0v) is 14.8. The number of pyridine rings is 1. The number of rotatable bonds is 6. The van der Waals surface area contributed by atoms with Gasteiger partial charge in [0.2, 0.25) is 0 Å². The van der Waals surface area contributed by atoms with E-state index in [1.165, 1.54) is 5.56 Å². The number of nitrogens with zero attached hydrogens (tertiary/aromatic N) is 3. The molecule has 0 aliphatic heterocycles. The predicted octanol–water partition coefficient (Wildman–Crippen LogP) is 4.13. The lowest BCUT2D eigenvalue weighted by atomic mass is 10.0. The summed E-state index contributed by atoms with van der Waals surface area (Å²) in [5, 5.41) is 7.54. The average Bonchev–Trinajstić information content (AvgIpc) is 3.09. The molecule has 1 unspecified atom stereocenters. The molecule has 1 atom stereocenters. The Bertz CT molecular complexity index is 801. The van der Waals surface area contributed by atoms with Crippen LogP contribution in [0.15, 0.2) is 41.5 Å². The summed E-state index contributed by atoms with van der Waals surface area (Å²) in [5.74, 6) is 2.08. The molecule has 0 fully saturated rings. The summed E-state index contributed by atoms with van der Waals surface area (Å²) in [6.07, 6.45) is 3.41. The summed E-state index contributed by atoms with van der Waals surface area (Å²) in [6, 6.07) is 5.95. The summed E-state index contributed by atoms with van der Waals surface area (Å²) < 4.78 is 5.40. The van der Waals surface area contributed by atoms with Gasteiger partial charge in [-0.2, -0.15) is 0 Å². The first-order chi connectivity index (χ1) is 11.7. The third-order valence-corrected chi connectivity index (χ3v) is 4.61. The minimum absolute atomic E-state index is 0.325. The van der Waals surface area contributed by atoms with E-state index < -0.39 is 0 Å². The summed E-state index contributed by atoms with van der Waals surface area (Å²) in [6.45, 7) is 4.91. The van der Waals surface area contributed by atoms with Crippen molar-refractivity contribution in [2.45, 2.75) is 19.8 Å². The van der Waals surface area contributed by atoms with Gasteiger partial charge in [0.05, 0.1) is 12.8 Å². The number of ether oxygens (including phenoxy) is 1. The van der Waals surface area contributed by atoms with Crippen LogP contribution in [0.25, 0.3) is 11.3 Å². The van der Waals surface area contributed by atoms with Gasteiger partial charge < -0.3 is 10.1 Å². The van der Waals surface area contributed by atoms with Crippen LogP contribution in [0, 0.1) is 6.92 Å². The fourth-order valence-electron chi connectivity index (χ4n) is 2.42. The molecule has 0 radical (unpaired) electrons. The number of methoxy groups -OCH3 is 1. The zero-order chi connectivity index (χ0) is 16.9. The van der Waals surface area contributed by atoms with E-state index in [0.717, 1.165) is 35.1 Å². The van der Waals surface area contributed by atoms with Crippen molar-refractivity contribution >= 4 is 17.2 Å². The fourth-order valence-corrected chi connectivity index (χ4v) is 3.34. The summed E-state index contributed by atoms with van der Waals surface area (Å²) >= 11 is 1.66. The number of hydrogen-bond donors (Lipinski definition) is 1. The monoisotopic (exact) mass is 340 g/mol. The molecule has 0 saturated heterocycles. The minimum atomic E-state index is 0.325. The van der Waals surface area contributed by atoms with Crippen LogP contribution in [0.3, 0.4) is 0 Å². The molecule has 24 heavy (non-hydrogen) atoms. The molecule has 3 rings (SSSR count). The van der Waals surface area contributed by atoms with E-state index in [0.29, 0.717) is 5.92 Å². The van der Waals surface area contributed by atoms with Gasteiger partial charge in [0.25, 0.3) is 0 Å². The van der Waals surface area contributed by atoms with Gasteiger partial charge in [-0.25, -0.2) is 9.97 Å². The number of aromatic nitrogens is 3. The van der Waals surface area contributed by atoms with Gasteiger partial charge in [-0.1, -0.05) is 6.92 Å². The van der Waals surface area contributed by atoms with E-state index in [9.17, 15) is 0 Å². The van der Waals surface area contributed by atoms with Gasteiger partial charge >= 0.3 is 0 Å². The van der Waals surface area contributed by atoms with E-state index in [2.05, 4.69) is 32.6 Å². The molecule has 3 aromatic rings. The lowest BCUT2D eigenvalue weighted by molar-refractivity contribution is 0.409. The number of nitrogens with one attached hydrogen (secondary N) is 1. The number of aryl methyl sites for hydroxylation is 1. The van der Waals surface area contributed by atoms with Crippen LogP contribution in [-0.2, 0) is 0 Å². The van der Waals surface area contributed by atoms with Gasteiger partial charge in [0, 0.05) is 46.9 Å². The van der Waals surface area contributed by atoms with Crippen molar-refractivity contribution in [1.82, 2.24) is 15.0 Å². The topological polar surface area (TPSA) is 59.9 Å². The summed E-state index contributed by atoms with van der Waals surface area (Å²) in [7, 11) is 1.71. The molecule has 3 aromatic heterocycles. The van der Waals surface area contributed by atoms with Gasteiger partial charge in [0.1, 0.15) is 17.9 Å². The molecule has 0 aliphatic rings. The highest BCUT2D eigenvalue weighted by atomic mass is 32.1. The molecule has 124 valence electrons. The first-order valence-corrected chi connectivity index (χ1v) is 8.70. The van der Waals surface area contributed by atoms with Crippen LogP contribution < -0.4 is 10.1 Å². The maximum atomic E-state index is 5.40. The Kier molecular flexibility index (Phi) is 5.05. The minimum Gasteiger partial charge on any atom is -0.496 e. The molecule has 0 amide bonds. The number of thiophene rings is 1. The maximum absolute atomic E-state index is 5.40. The SMILES string of the molecule is COc1cscc1C(C)CNc1cc(-c2ccc(C)nc2)ncn1. The first kappa shape index (κ1) is 16.4. The molecule has 5 nitrogen and oxygen atoms in total. The molecule has 3 heterocycles. The Morgan fingerprint density at radius 1 is 1.21 bits per heavy atom. The average molecular weight is 340 g/mol. The van der Waals surface area contributed by atoms with Gasteiger partial charge in [0.15, 0.2) is 0 Å². The normalized spacial score (nSPS) is 12.0. The molecule has 0 spiro atoms. The van der Waals surface area contributed by atoms with Gasteiger partial charge in [-0.05, 0) is 24.4 Å². The van der Waals surface area contributed by atoms with Crippen LogP contribution in [-0.4, -0.2) is 28.6 Å². The molecular weight excluding hydrogens is 320 g/mol. The molecular formula is C18H20N4OS. The van der Waals surface area contributed by atoms with Crippen molar-refractivity contribution in [3.63, 3.8) is 0 Å². The molecule has 6 heteroatoms. The van der Waals surface area contributed by atoms with Crippen LogP contribution in [0.4, 0.5) is 5.82 Å². The zero-order valence-electron chi connectivity index (χ0n) is 14.0. The van der Waals surface area contributed by atoms with Gasteiger partial charge in [-0.15, -0.1) is 11.3 Å². The van der Waals surface area contributed by atoms with Crippen molar-refractivity contribution < 1.29 is 4.74 Å². The third kappa shape index (κ3) is 3.71. The highest BCUT2D eigenvalue weighted by Gasteiger charge is 2.12. The van der Waals surface area contributed by atoms with Crippen LogP contribution in [0.5, 0.6) is 5.75 Å². The molecule has 0 aromatic carbocycles. The number of hydrogen-bond acceptors (Lipinski definition) is 6. The van der Waals surface area contributed by atoms with Crippen LogP contribution in [0.1, 0.15) is 24.1 Å². The Hall–Kier alpha value is -2.47. The van der Waals surface area contributed by atoms with Crippen molar-refractivity contribution in [3.05, 3.63) is 52.7 Å². The predicted molar refractivity (Wildman–Crippen MR) is 97.8 cm³/mol. The Labute approximate surface area is 145 Å². The molecule has 1 N–H and O–H groups in total. The second-order valence-corrected chi connectivity index (χ2v) is 6.40. The quantitative estimate of drug-likeness (QED) is 0.731. The standard InChI is InChI=1S/C18H20N4OS/c1-12(15-9-24-10-17(15)23-3)7-20-18-6-16(21-11-22-18)14-5-4-13(2)19-8-14/h4-6,8-12H,7H2,1-3H3,(H,20,21,22). The molecule has 0 bridgehead atoms. The van der Waals surface area contributed by atoms with Crippen LogP contribution >= 0.6 is 11.3 Å². The Morgan fingerprint density at radius 3 is 2.83 bits per heavy atom. The molecule has 0 saturated carbocycles. The Morgan fingerprint density at radius 2 is 2.08 bits per heavy atom. The van der Waals surface area contributed by atoms with Gasteiger partial charge in [-0.3, -0.25) is 4.98 Å². The largest absolute Gasteiger partial charge is 0.496 e. The van der Waals surface area contributed by atoms with Crippen molar-refractivity contribution in [3.8, 4) is 17.0 Å². The van der Waals surface area contributed by atoms with E-state index in [1.54, 1.807) is 24.8 Å². The third-order valence-electron chi connectivity index (χ3n) is 3.87. The summed E-state index contributed by atoms with van der Waals surface area (Å²) in [5.41, 5.74) is 4.05. The van der Waals surface area contributed by atoms with Crippen molar-refractivity contribution in [2.24, 2.45) is 0 Å². The van der Waals surface area contributed by atoms with E-state index in [1.807, 2.05) is 36.7 Å². The number of anilines is 1. The lowest BCUT2D eigenvalue weighted by Crippen LogP contribution is -2.11. The Balaban J connectivity index is 1.70. The summed E-state index contributed by atoms with van der Waals surface area (Å²) in [4.78, 5) is 13.0. The van der Waals surface area contributed by atoms with E-state index in [4.69, 9.17) is 4.74 Å². The first-order valence-electron chi connectivity index (χ1n) is 7.76. The van der Waals surface area contributed by atoms with E-state index in [-0.39, 0.29) is 0 Å². The molecule has 0 aliphatic carbocycles. The fraction of sp³-hybridized carbons (Fsp3) is 0.278.